The van der Waals surface area contributed by atoms with Crippen molar-refractivity contribution in [2.24, 2.45) is 5.73 Å². The highest BCUT2D eigenvalue weighted by Gasteiger charge is 1.84. The van der Waals surface area contributed by atoms with Crippen molar-refractivity contribution in [3.05, 3.63) is 16.6 Å². The Bertz CT molecular complexity index is 243. The van der Waals surface area contributed by atoms with Crippen molar-refractivity contribution in [3.63, 3.8) is 0 Å². The maximum absolute atomic E-state index is 5.31. The number of rotatable bonds is 2. The zero-order valence-electron chi connectivity index (χ0n) is 6.21. The Morgan fingerprint density at radius 3 is 3.18 bits per heavy atom. The Labute approximate surface area is 70.5 Å². The second-order valence-electron chi connectivity index (χ2n) is 2.07. The van der Waals surface area contributed by atoms with Crippen LogP contribution in [0.15, 0.2) is 10.9 Å². The molecule has 0 spiro atoms. The molecule has 0 aliphatic rings. The van der Waals surface area contributed by atoms with Crippen molar-refractivity contribution in [2.75, 3.05) is 6.54 Å². The van der Waals surface area contributed by atoms with Crippen LogP contribution in [0.3, 0.4) is 0 Å². The molecule has 3 heteroatoms. The van der Waals surface area contributed by atoms with E-state index in [9.17, 15) is 0 Å². The normalized spacial score (nSPS) is 8.82. The van der Waals surface area contributed by atoms with Crippen LogP contribution < -0.4 is 5.73 Å². The van der Waals surface area contributed by atoms with Gasteiger partial charge in [-0.05, 0) is 18.9 Å². The van der Waals surface area contributed by atoms with Crippen LogP contribution in [-0.4, -0.2) is 11.5 Å². The second-order valence-corrected chi connectivity index (χ2v) is 2.79. The molecule has 1 rings (SSSR count). The molecule has 0 aliphatic heterocycles. The molecule has 0 atom stereocenters. The van der Waals surface area contributed by atoms with Gasteiger partial charge < -0.3 is 5.73 Å². The number of nitrogens with two attached hydrogens (primary N) is 1. The Balaban J connectivity index is 2.33. The van der Waals surface area contributed by atoms with E-state index in [1.807, 2.05) is 5.38 Å². The molecule has 0 unspecified atom stereocenters. The third-order valence-electron chi connectivity index (χ3n) is 1.15. The average Bonchev–Trinajstić information content (AvgIpc) is 2.50. The fraction of sp³-hybridized carbons (Fsp3) is 0.375. The Kier molecular flexibility index (Phi) is 3.67. The third-order valence-corrected chi connectivity index (χ3v) is 1.74. The minimum Gasteiger partial charge on any atom is -0.330 e. The molecule has 0 aromatic carbocycles. The van der Waals surface area contributed by atoms with E-state index in [-0.39, 0.29) is 0 Å². The highest BCUT2D eigenvalue weighted by atomic mass is 32.1. The van der Waals surface area contributed by atoms with Crippen LogP contribution in [0.5, 0.6) is 0 Å². The Morgan fingerprint density at radius 2 is 2.55 bits per heavy atom. The van der Waals surface area contributed by atoms with Gasteiger partial charge in [0.1, 0.15) is 5.69 Å². The van der Waals surface area contributed by atoms with Gasteiger partial charge in [0.15, 0.2) is 0 Å². The maximum Gasteiger partial charge on any atom is 0.124 e. The largest absolute Gasteiger partial charge is 0.330 e. The van der Waals surface area contributed by atoms with E-state index in [1.165, 1.54) is 0 Å². The number of hydrogen-bond donors (Lipinski definition) is 1. The quantitative estimate of drug-likeness (QED) is 0.530. The molecule has 1 aromatic heterocycles. The third kappa shape index (κ3) is 3.17. The van der Waals surface area contributed by atoms with Crippen molar-refractivity contribution in [1.29, 1.82) is 0 Å². The van der Waals surface area contributed by atoms with E-state index < -0.39 is 0 Å². The number of unbranched alkanes of at least 4 members (excludes halogenated alkanes) is 1. The van der Waals surface area contributed by atoms with Crippen molar-refractivity contribution >= 4 is 11.3 Å². The van der Waals surface area contributed by atoms with E-state index in [0.717, 1.165) is 18.5 Å². The highest BCUT2D eigenvalue weighted by Crippen LogP contribution is 1.97. The van der Waals surface area contributed by atoms with Gasteiger partial charge in [-0.15, -0.1) is 11.3 Å². The first-order valence-electron chi connectivity index (χ1n) is 3.50. The Hall–Kier alpha value is -0.850. The highest BCUT2D eigenvalue weighted by molar-refractivity contribution is 7.07. The molecule has 0 aliphatic carbocycles. The molecule has 0 bridgehead atoms. The molecule has 1 heterocycles. The number of hydrogen-bond acceptors (Lipinski definition) is 3. The lowest BCUT2D eigenvalue weighted by molar-refractivity contribution is 0.870. The first kappa shape index (κ1) is 8.25. The lowest BCUT2D eigenvalue weighted by atomic mass is 10.3. The summed E-state index contributed by atoms with van der Waals surface area (Å²) < 4.78 is 0. The maximum atomic E-state index is 5.31. The number of thiazole rings is 1. The summed E-state index contributed by atoms with van der Waals surface area (Å²) in [6, 6.07) is 0. The van der Waals surface area contributed by atoms with E-state index in [1.54, 1.807) is 16.8 Å². The van der Waals surface area contributed by atoms with Gasteiger partial charge in [-0.3, -0.25) is 0 Å². The minimum atomic E-state index is 0.714. The predicted molar refractivity (Wildman–Crippen MR) is 47.3 cm³/mol. The summed E-state index contributed by atoms with van der Waals surface area (Å²) in [7, 11) is 0. The van der Waals surface area contributed by atoms with Gasteiger partial charge in [0, 0.05) is 11.8 Å². The molecule has 0 saturated carbocycles. The summed E-state index contributed by atoms with van der Waals surface area (Å²) in [6.07, 6.45) is 1.84. The van der Waals surface area contributed by atoms with Gasteiger partial charge in [0.2, 0.25) is 0 Å². The predicted octanol–water partition coefficient (Wildman–Crippen LogP) is 1.23. The van der Waals surface area contributed by atoms with Gasteiger partial charge >= 0.3 is 0 Å². The summed E-state index contributed by atoms with van der Waals surface area (Å²) in [6.45, 7) is 0.714. The summed E-state index contributed by atoms with van der Waals surface area (Å²) >= 11 is 1.57. The van der Waals surface area contributed by atoms with Crippen LogP contribution in [0.2, 0.25) is 0 Å². The van der Waals surface area contributed by atoms with Crippen molar-refractivity contribution < 1.29 is 0 Å². The van der Waals surface area contributed by atoms with Gasteiger partial charge in [0.05, 0.1) is 5.51 Å². The molecule has 0 radical (unpaired) electrons. The number of aromatic nitrogens is 1. The van der Waals surface area contributed by atoms with Crippen LogP contribution in [0, 0.1) is 11.8 Å². The first-order valence-corrected chi connectivity index (χ1v) is 4.45. The van der Waals surface area contributed by atoms with E-state index in [0.29, 0.717) is 6.54 Å². The monoisotopic (exact) mass is 166 g/mol. The van der Waals surface area contributed by atoms with E-state index in [2.05, 4.69) is 16.8 Å². The molecule has 58 valence electrons. The topological polar surface area (TPSA) is 38.9 Å². The van der Waals surface area contributed by atoms with E-state index >= 15 is 0 Å². The standard InChI is InChI=1S/C8H10N2S/c9-5-3-1-2-4-8-6-11-7-10-8/h6-7H,1,3,5,9H2. The molecule has 2 N–H and O–H groups in total. The number of nitrogens with zero attached hydrogens (tertiary/aromatic N) is 1. The molecule has 0 saturated heterocycles. The lowest BCUT2D eigenvalue weighted by Crippen LogP contribution is -1.96. The van der Waals surface area contributed by atoms with Crippen LogP contribution >= 0.6 is 11.3 Å². The lowest BCUT2D eigenvalue weighted by Gasteiger charge is -1.83. The molecule has 2 nitrogen and oxygen atoms in total. The summed E-state index contributed by atoms with van der Waals surface area (Å²) in [5, 5.41) is 1.94. The molecular weight excluding hydrogens is 156 g/mol. The smallest absolute Gasteiger partial charge is 0.124 e. The van der Waals surface area contributed by atoms with Crippen molar-refractivity contribution in [3.8, 4) is 11.8 Å². The van der Waals surface area contributed by atoms with Crippen LogP contribution in [0.1, 0.15) is 18.5 Å². The van der Waals surface area contributed by atoms with Crippen molar-refractivity contribution in [2.45, 2.75) is 12.8 Å². The summed E-state index contributed by atoms with van der Waals surface area (Å²) in [5.41, 5.74) is 7.96. The van der Waals surface area contributed by atoms with Gasteiger partial charge in [-0.1, -0.05) is 5.92 Å². The second kappa shape index (κ2) is 4.89. The van der Waals surface area contributed by atoms with Crippen LogP contribution in [0.25, 0.3) is 0 Å². The SMILES string of the molecule is NCCCC#Cc1cscn1. The van der Waals surface area contributed by atoms with Crippen molar-refractivity contribution in [1.82, 2.24) is 4.98 Å². The fourth-order valence-electron chi connectivity index (χ4n) is 0.618. The van der Waals surface area contributed by atoms with Crippen LogP contribution in [-0.2, 0) is 0 Å². The fourth-order valence-corrected chi connectivity index (χ4v) is 1.10. The zero-order chi connectivity index (χ0) is 7.94. The van der Waals surface area contributed by atoms with Gasteiger partial charge in [-0.25, -0.2) is 4.98 Å². The first-order chi connectivity index (χ1) is 5.43. The molecular formula is C8H10N2S. The average molecular weight is 166 g/mol. The summed E-state index contributed by atoms with van der Waals surface area (Å²) in [5.74, 6) is 5.96. The molecule has 0 fully saturated rings. The van der Waals surface area contributed by atoms with Gasteiger partial charge in [-0.2, -0.15) is 0 Å². The minimum absolute atomic E-state index is 0.714. The summed E-state index contributed by atoms with van der Waals surface area (Å²) in [4.78, 5) is 4.03. The zero-order valence-corrected chi connectivity index (χ0v) is 7.03. The van der Waals surface area contributed by atoms with Crippen LogP contribution in [0.4, 0.5) is 0 Å². The molecule has 11 heavy (non-hydrogen) atoms. The van der Waals surface area contributed by atoms with Gasteiger partial charge in [0.25, 0.3) is 0 Å². The van der Waals surface area contributed by atoms with E-state index in [4.69, 9.17) is 5.73 Å². The molecule has 0 amide bonds. The Morgan fingerprint density at radius 1 is 1.64 bits per heavy atom. The molecule has 1 aromatic rings.